The molecule has 0 amide bonds. The lowest BCUT2D eigenvalue weighted by Gasteiger charge is -2.14. The van der Waals surface area contributed by atoms with Gasteiger partial charge in [0, 0.05) is 17.8 Å². The Morgan fingerprint density at radius 2 is 1.30 bits per heavy atom. The molecule has 0 atom stereocenters. The van der Waals surface area contributed by atoms with Crippen molar-refractivity contribution in [1.29, 1.82) is 0 Å². The topological polar surface area (TPSA) is 442 Å². The summed E-state index contributed by atoms with van der Waals surface area (Å²) in [6.45, 7) is -1.43. The molecule has 0 radical (unpaired) electrons. The lowest BCUT2D eigenvalue weighted by atomic mass is 10.2. The van der Waals surface area contributed by atoms with E-state index in [4.69, 9.17) is 4.55 Å². The zero-order valence-electron chi connectivity index (χ0n) is 32.7. The highest BCUT2D eigenvalue weighted by Gasteiger charge is 2.22. The molecule has 28 nitrogen and oxygen atoms in total. The van der Waals surface area contributed by atoms with E-state index in [0.717, 1.165) is 30.3 Å². The Bertz CT molecular complexity index is 3310. The van der Waals surface area contributed by atoms with E-state index in [9.17, 15) is 70.8 Å². The van der Waals surface area contributed by atoms with Crippen LogP contribution < -0.4 is 21.4 Å². The van der Waals surface area contributed by atoms with E-state index in [-0.39, 0.29) is 16.1 Å². The predicted molar refractivity (Wildman–Crippen MR) is 230 cm³/mol. The number of benzene rings is 4. The molecular formula is C33H32N10O18S5. The molecule has 0 unspecified atom stereocenters. The van der Waals surface area contributed by atoms with Gasteiger partial charge in [-0.05, 0) is 48.5 Å². The van der Waals surface area contributed by atoms with E-state index >= 15 is 0 Å². The third-order valence-electron chi connectivity index (χ3n) is 8.01. The van der Waals surface area contributed by atoms with Gasteiger partial charge in [0.15, 0.2) is 15.6 Å². The molecule has 66 heavy (non-hydrogen) atoms. The molecule has 5 rings (SSSR count). The molecule has 1 heterocycles. The minimum Gasteiger partial charge on any atom is -0.504 e. The Hall–Kier alpha value is -6.82. The third-order valence-corrected chi connectivity index (χ3v) is 12.5. The highest BCUT2D eigenvalue weighted by Crippen LogP contribution is 2.39. The molecular weight excluding hydrogens is 985 g/mol. The van der Waals surface area contributed by atoms with Crippen LogP contribution in [-0.4, -0.2) is 122 Å². The Kier molecular flexibility index (Phi) is 15.3. The number of aromatic hydroxyl groups is 1. The van der Waals surface area contributed by atoms with Crippen LogP contribution in [0.4, 0.5) is 40.6 Å². The van der Waals surface area contributed by atoms with Crippen LogP contribution in [-0.2, 0) is 54.8 Å². The molecule has 4 aromatic carbocycles. The van der Waals surface area contributed by atoms with Crippen LogP contribution >= 0.6 is 0 Å². The minimum atomic E-state index is -5.11. The van der Waals surface area contributed by atoms with E-state index in [1.165, 1.54) is 36.4 Å². The number of phenolic OH excluding ortho intramolecular Hbond substituents is 1. The number of anilines is 6. The summed E-state index contributed by atoms with van der Waals surface area (Å²) >= 11 is 0. The SMILES string of the molecule is O=C(O)c1ccc(S(=O)(=O)O)cc1N/N=C(\N=Nc1cc(S(=O)(=O)O)cc(Nc2nc(NCCS(=O)(=O)O)nc(Nc3cccc(S(=O)(=O)CCOS(=O)(=O)O)c3)n2)c1O)c1ccccc1. The molecule has 0 spiro atoms. The molecule has 0 bridgehead atoms. The van der Waals surface area contributed by atoms with Gasteiger partial charge in [0.1, 0.15) is 5.69 Å². The Morgan fingerprint density at radius 3 is 1.92 bits per heavy atom. The summed E-state index contributed by atoms with van der Waals surface area (Å²) in [5.41, 5.74) is 0.250. The number of nitrogens with zero attached hydrogens (tertiary/aromatic N) is 6. The maximum absolute atomic E-state index is 12.8. The number of aromatic carboxylic acids is 1. The van der Waals surface area contributed by atoms with Crippen molar-refractivity contribution in [3.8, 4) is 5.75 Å². The van der Waals surface area contributed by atoms with Crippen LogP contribution in [0.5, 0.6) is 5.75 Å². The number of hydrogen-bond donors (Lipinski definition) is 10. The van der Waals surface area contributed by atoms with Crippen molar-refractivity contribution in [2.45, 2.75) is 14.7 Å². The van der Waals surface area contributed by atoms with E-state index in [1.54, 1.807) is 6.07 Å². The average molecular weight is 1020 g/mol. The van der Waals surface area contributed by atoms with Gasteiger partial charge in [-0.25, -0.2) is 17.4 Å². The fourth-order valence-corrected chi connectivity index (χ4v) is 7.99. The number of hydrogen-bond acceptors (Lipinski definition) is 22. The first kappa shape index (κ1) is 50.2. The van der Waals surface area contributed by atoms with E-state index in [0.29, 0.717) is 12.1 Å². The van der Waals surface area contributed by atoms with Gasteiger partial charge < -0.3 is 26.2 Å². The van der Waals surface area contributed by atoms with Crippen LogP contribution in [0.3, 0.4) is 0 Å². The lowest BCUT2D eigenvalue weighted by Crippen LogP contribution is -2.17. The van der Waals surface area contributed by atoms with Gasteiger partial charge in [-0.2, -0.15) is 53.7 Å². The second-order valence-electron chi connectivity index (χ2n) is 12.8. The fraction of sp³-hybridized carbons (Fsp3) is 0.121. The number of phenols is 1. The second kappa shape index (κ2) is 20.1. The number of amidine groups is 1. The van der Waals surface area contributed by atoms with E-state index in [2.05, 4.69) is 55.8 Å². The van der Waals surface area contributed by atoms with Gasteiger partial charge >= 0.3 is 16.4 Å². The Morgan fingerprint density at radius 1 is 0.667 bits per heavy atom. The summed E-state index contributed by atoms with van der Waals surface area (Å²) in [4.78, 5) is 22.1. The first-order chi connectivity index (χ1) is 30.7. The van der Waals surface area contributed by atoms with Crippen molar-refractivity contribution in [2.75, 3.05) is 46.0 Å². The molecule has 1 aromatic heterocycles. The molecule has 5 aromatic rings. The number of azo groups is 1. The first-order valence-electron chi connectivity index (χ1n) is 17.6. The maximum Gasteiger partial charge on any atom is 0.397 e. The molecule has 352 valence electrons. The quantitative estimate of drug-likeness (QED) is 0.0134. The predicted octanol–water partition coefficient (Wildman–Crippen LogP) is 2.71. The van der Waals surface area contributed by atoms with Crippen molar-refractivity contribution in [3.05, 3.63) is 96.1 Å². The normalized spacial score (nSPS) is 12.8. The van der Waals surface area contributed by atoms with E-state index in [1.807, 2.05) is 0 Å². The third kappa shape index (κ3) is 14.6. The second-order valence-corrected chi connectivity index (χ2v) is 20.4. The number of nitrogens with one attached hydrogen (secondary N) is 4. The van der Waals surface area contributed by atoms with Crippen molar-refractivity contribution in [3.63, 3.8) is 0 Å². The molecule has 0 aliphatic rings. The van der Waals surface area contributed by atoms with Gasteiger partial charge in [0.25, 0.3) is 30.4 Å². The zero-order chi connectivity index (χ0) is 48.7. The summed E-state index contributed by atoms with van der Waals surface area (Å²) in [6.07, 6.45) is 0. The number of carboxylic acids is 1. The van der Waals surface area contributed by atoms with Crippen molar-refractivity contribution < 1.29 is 79.5 Å². The van der Waals surface area contributed by atoms with Crippen molar-refractivity contribution >= 4 is 103 Å². The lowest BCUT2D eigenvalue weighted by molar-refractivity contribution is 0.0697. The van der Waals surface area contributed by atoms with Crippen LogP contribution in [0.1, 0.15) is 15.9 Å². The van der Waals surface area contributed by atoms with Gasteiger partial charge in [0.05, 0.1) is 49.7 Å². The molecule has 33 heteroatoms. The molecule has 0 aliphatic heterocycles. The molecule has 0 saturated heterocycles. The Balaban J connectivity index is 1.55. The van der Waals surface area contributed by atoms with Gasteiger partial charge in [-0.3, -0.25) is 23.6 Å². The number of carboxylic acid groups (broad SMARTS) is 1. The number of rotatable bonds is 20. The zero-order valence-corrected chi connectivity index (χ0v) is 36.8. The van der Waals surface area contributed by atoms with Gasteiger partial charge in [-0.1, -0.05) is 36.4 Å². The summed E-state index contributed by atoms with van der Waals surface area (Å²) in [7, 11) is -23.6. The molecule has 0 fully saturated rings. The largest absolute Gasteiger partial charge is 0.504 e. The summed E-state index contributed by atoms with van der Waals surface area (Å²) < 4.78 is 160. The summed E-state index contributed by atoms with van der Waals surface area (Å²) in [5, 5.41) is 40.5. The smallest absolute Gasteiger partial charge is 0.397 e. The number of sulfone groups is 1. The number of carbonyl (C=O) groups is 1. The highest BCUT2D eigenvalue weighted by molar-refractivity contribution is 7.91. The fourth-order valence-electron chi connectivity index (χ4n) is 5.07. The number of hydrazone groups is 1. The van der Waals surface area contributed by atoms with Gasteiger partial charge in [0.2, 0.25) is 23.7 Å². The molecule has 10 N–H and O–H groups in total. The van der Waals surface area contributed by atoms with Crippen LogP contribution in [0.15, 0.2) is 115 Å². The standard InChI is InChI=1S/C33H32N10O18S5/c44-28-26(36-33-38-31(34-11-13-63(49,50)51)37-32(39-33)35-20-7-4-8-21(15-20)62(47,48)14-12-61-66(58,59)60)17-23(65(55,56)57)18-27(28)41-43-29(19-5-2-1-3-6-19)42-40-25-16-22(64(52,53)54)9-10-24(25)30(45)46/h1-10,15-18,40,44H,11-14H2,(H,45,46)(H,49,50,51)(H,52,53,54)(H,55,56,57)(H,58,59,60)(H3,34,35,36,37,38,39)/b42-29-,43-41?. The maximum atomic E-state index is 12.8. The average Bonchev–Trinajstić information content (AvgIpc) is 3.20. The first-order valence-corrected chi connectivity index (χ1v) is 25.1. The minimum absolute atomic E-state index is 0.0255. The molecule has 0 saturated carbocycles. The number of aromatic nitrogens is 3. The summed E-state index contributed by atoms with van der Waals surface area (Å²) in [6, 6.07) is 16.2. The van der Waals surface area contributed by atoms with Crippen LogP contribution in [0, 0.1) is 0 Å². The monoisotopic (exact) mass is 1020 g/mol. The van der Waals surface area contributed by atoms with Gasteiger partial charge in [-0.15, -0.1) is 10.2 Å². The Labute approximate surface area is 373 Å². The van der Waals surface area contributed by atoms with E-state index < -0.39 is 143 Å². The van der Waals surface area contributed by atoms with Crippen LogP contribution in [0.25, 0.3) is 0 Å². The van der Waals surface area contributed by atoms with Crippen molar-refractivity contribution in [2.24, 2.45) is 15.3 Å². The van der Waals surface area contributed by atoms with Crippen molar-refractivity contribution in [1.82, 2.24) is 15.0 Å². The highest BCUT2D eigenvalue weighted by atomic mass is 32.3. The molecule has 0 aliphatic carbocycles. The van der Waals surface area contributed by atoms with Crippen LogP contribution in [0.2, 0.25) is 0 Å². The summed E-state index contributed by atoms with van der Waals surface area (Å²) in [5.74, 6) is -5.98.